The van der Waals surface area contributed by atoms with Crippen LogP contribution in [0.4, 0.5) is 0 Å². The second kappa shape index (κ2) is 5.22. The van der Waals surface area contributed by atoms with Gasteiger partial charge in [-0.2, -0.15) is 0 Å². The van der Waals surface area contributed by atoms with Gasteiger partial charge in [0.25, 0.3) is 5.91 Å². The Morgan fingerprint density at radius 2 is 2.00 bits per heavy atom. The molecule has 2 rings (SSSR count). The van der Waals surface area contributed by atoms with Gasteiger partial charge in [-0.15, -0.1) is 0 Å². The zero-order chi connectivity index (χ0) is 16.8. The number of rotatable bonds is 3. The van der Waals surface area contributed by atoms with Crippen molar-refractivity contribution in [3.05, 3.63) is 0 Å². The number of hydrogen-bond acceptors (Lipinski definition) is 6. The molecule has 0 saturated carbocycles. The zero-order valence-electron chi connectivity index (χ0n) is 13.5. The van der Waals surface area contributed by atoms with Crippen LogP contribution in [0.5, 0.6) is 0 Å². The van der Waals surface area contributed by atoms with Crippen molar-refractivity contribution < 1.29 is 29.0 Å². The van der Waals surface area contributed by atoms with Gasteiger partial charge in [-0.05, 0) is 33.6 Å². The van der Waals surface area contributed by atoms with Gasteiger partial charge in [-0.3, -0.25) is 9.59 Å². The van der Waals surface area contributed by atoms with Crippen molar-refractivity contribution in [1.82, 2.24) is 4.90 Å². The number of fused-ring (bicyclic) bond motifs is 1. The molecule has 0 aromatic heterocycles. The summed E-state index contributed by atoms with van der Waals surface area (Å²) in [6, 6.07) is 0. The first-order chi connectivity index (χ1) is 10.0. The van der Waals surface area contributed by atoms with E-state index < -0.39 is 41.0 Å². The lowest BCUT2D eigenvalue weighted by Crippen LogP contribution is -2.50. The lowest BCUT2D eigenvalue weighted by Gasteiger charge is -2.32. The molecule has 0 aliphatic carbocycles. The van der Waals surface area contributed by atoms with Gasteiger partial charge in [0.15, 0.2) is 5.60 Å². The highest BCUT2D eigenvalue weighted by Gasteiger charge is 2.65. The van der Waals surface area contributed by atoms with Crippen molar-refractivity contribution in [3.63, 3.8) is 0 Å². The van der Waals surface area contributed by atoms with Crippen LogP contribution in [0.3, 0.4) is 0 Å². The molecule has 2 saturated heterocycles. The standard InChI is InChI=1S/C15H23NO6/c1-13(2,3)22-12(19)14-6-5-7-16(14)11(18)15(20,9-14)8-10(17)21-4/h20H,5-9H2,1-4H3/t14-,15-/m1/s1. The van der Waals surface area contributed by atoms with Crippen molar-refractivity contribution in [2.24, 2.45) is 0 Å². The quantitative estimate of drug-likeness (QED) is 0.758. The summed E-state index contributed by atoms with van der Waals surface area (Å²) in [4.78, 5) is 37.9. The normalized spacial score (nSPS) is 31.1. The van der Waals surface area contributed by atoms with Crippen molar-refractivity contribution in [2.75, 3.05) is 13.7 Å². The maximum Gasteiger partial charge on any atom is 0.332 e. The van der Waals surface area contributed by atoms with Crippen molar-refractivity contribution in [1.29, 1.82) is 0 Å². The van der Waals surface area contributed by atoms with E-state index in [1.807, 2.05) is 0 Å². The Morgan fingerprint density at radius 3 is 2.55 bits per heavy atom. The first-order valence-electron chi connectivity index (χ1n) is 7.39. The molecule has 2 fully saturated rings. The predicted octanol–water partition coefficient (Wildman–Crippen LogP) is 0.387. The van der Waals surface area contributed by atoms with E-state index in [-0.39, 0.29) is 6.42 Å². The lowest BCUT2D eigenvalue weighted by atomic mass is 9.85. The maximum absolute atomic E-state index is 12.6. The number of hydrogen-bond donors (Lipinski definition) is 1. The molecular weight excluding hydrogens is 290 g/mol. The molecule has 0 spiro atoms. The Hall–Kier alpha value is -1.63. The molecule has 0 bridgehead atoms. The number of carbonyl (C=O) groups is 3. The summed E-state index contributed by atoms with van der Waals surface area (Å²) >= 11 is 0. The summed E-state index contributed by atoms with van der Waals surface area (Å²) in [5.41, 5.74) is -3.76. The summed E-state index contributed by atoms with van der Waals surface area (Å²) in [5, 5.41) is 10.6. The number of methoxy groups -OCH3 is 1. The number of amides is 1. The summed E-state index contributed by atoms with van der Waals surface area (Å²) in [6.07, 6.45) is 0.503. The minimum absolute atomic E-state index is 0.136. The summed E-state index contributed by atoms with van der Waals surface area (Å²) < 4.78 is 9.98. The van der Waals surface area contributed by atoms with Crippen LogP contribution in [0.2, 0.25) is 0 Å². The first kappa shape index (κ1) is 16.7. The molecule has 2 atom stereocenters. The van der Waals surface area contributed by atoms with E-state index >= 15 is 0 Å². The largest absolute Gasteiger partial charge is 0.469 e. The second-order valence-corrected chi connectivity index (χ2v) is 7.06. The number of ether oxygens (including phenoxy) is 2. The summed E-state index contributed by atoms with van der Waals surface area (Å²) in [5.74, 6) is -1.80. The van der Waals surface area contributed by atoms with E-state index in [1.54, 1.807) is 20.8 Å². The third-order valence-corrected chi connectivity index (χ3v) is 4.16. The molecule has 2 heterocycles. The van der Waals surface area contributed by atoms with E-state index in [2.05, 4.69) is 4.74 Å². The van der Waals surface area contributed by atoms with Gasteiger partial charge in [-0.1, -0.05) is 0 Å². The zero-order valence-corrected chi connectivity index (χ0v) is 13.5. The van der Waals surface area contributed by atoms with Crippen LogP contribution in [-0.4, -0.2) is 58.2 Å². The van der Waals surface area contributed by atoms with Gasteiger partial charge in [0.2, 0.25) is 0 Å². The van der Waals surface area contributed by atoms with E-state index in [9.17, 15) is 19.5 Å². The van der Waals surface area contributed by atoms with Crippen molar-refractivity contribution >= 4 is 17.8 Å². The van der Waals surface area contributed by atoms with E-state index in [0.29, 0.717) is 19.4 Å². The molecule has 2 aliphatic heterocycles. The summed E-state index contributed by atoms with van der Waals surface area (Å²) in [7, 11) is 1.19. The molecule has 0 aromatic carbocycles. The van der Waals surface area contributed by atoms with E-state index in [4.69, 9.17) is 4.74 Å². The van der Waals surface area contributed by atoms with E-state index in [1.165, 1.54) is 12.0 Å². The monoisotopic (exact) mass is 313 g/mol. The third kappa shape index (κ3) is 2.69. The molecule has 0 aromatic rings. The van der Waals surface area contributed by atoms with Gasteiger partial charge < -0.3 is 19.5 Å². The molecule has 1 amide bonds. The second-order valence-electron chi connectivity index (χ2n) is 7.06. The minimum Gasteiger partial charge on any atom is -0.469 e. The van der Waals surface area contributed by atoms with Crippen LogP contribution in [0.25, 0.3) is 0 Å². The first-order valence-corrected chi connectivity index (χ1v) is 7.39. The molecule has 0 radical (unpaired) electrons. The van der Waals surface area contributed by atoms with E-state index in [0.717, 1.165) is 0 Å². The number of carbonyl (C=O) groups excluding carboxylic acids is 3. The smallest absolute Gasteiger partial charge is 0.332 e. The molecule has 22 heavy (non-hydrogen) atoms. The Labute approximate surface area is 129 Å². The molecular formula is C15H23NO6. The van der Waals surface area contributed by atoms with Crippen LogP contribution in [-0.2, 0) is 23.9 Å². The highest BCUT2D eigenvalue weighted by molar-refractivity contribution is 5.99. The van der Waals surface area contributed by atoms with Crippen molar-refractivity contribution in [2.45, 2.75) is 63.2 Å². The average molecular weight is 313 g/mol. The van der Waals surface area contributed by atoms with Gasteiger partial charge >= 0.3 is 11.9 Å². The third-order valence-electron chi connectivity index (χ3n) is 4.16. The van der Waals surface area contributed by atoms with Gasteiger partial charge in [0, 0.05) is 13.0 Å². The van der Waals surface area contributed by atoms with Crippen molar-refractivity contribution in [3.8, 4) is 0 Å². The fourth-order valence-corrected chi connectivity index (χ4v) is 3.28. The SMILES string of the molecule is COC(=O)C[C@@]1(O)C[C@@]2(C(=O)OC(C)(C)C)CCCN2C1=O. The van der Waals surface area contributed by atoms with Crippen LogP contribution in [0.1, 0.15) is 46.5 Å². The number of esters is 2. The highest BCUT2D eigenvalue weighted by Crippen LogP contribution is 2.46. The van der Waals surface area contributed by atoms with Gasteiger partial charge in [-0.25, -0.2) is 4.79 Å². The molecule has 1 N–H and O–H groups in total. The lowest BCUT2D eigenvalue weighted by molar-refractivity contribution is -0.168. The number of nitrogens with zero attached hydrogens (tertiary/aromatic N) is 1. The number of aliphatic hydroxyl groups is 1. The Balaban J connectivity index is 2.29. The summed E-state index contributed by atoms with van der Waals surface area (Å²) in [6.45, 7) is 5.62. The molecule has 2 aliphatic rings. The molecule has 7 nitrogen and oxygen atoms in total. The fourth-order valence-electron chi connectivity index (χ4n) is 3.28. The fraction of sp³-hybridized carbons (Fsp3) is 0.800. The van der Waals surface area contributed by atoms with Crippen LogP contribution in [0, 0.1) is 0 Å². The Bertz CT molecular complexity index is 511. The molecule has 7 heteroatoms. The maximum atomic E-state index is 12.6. The molecule has 0 unspecified atom stereocenters. The minimum atomic E-state index is -1.90. The van der Waals surface area contributed by atoms with Gasteiger partial charge in [0.1, 0.15) is 11.1 Å². The Kier molecular flexibility index (Phi) is 3.97. The van der Waals surface area contributed by atoms with Gasteiger partial charge in [0.05, 0.1) is 13.5 Å². The molecule has 124 valence electrons. The van der Waals surface area contributed by atoms with Crippen LogP contribution in [0.15, 0.2) is 0 Å². The van der Waals surface area contributed by atoms with Crippen LogP contribution >= 0.6 is 0 Å². The highest BCUT2D eigenvalue weighted by atomic mass is 16.6. The average Bonchev–Trinajstić information content (AvgIpc) is 2.87. The van der Waals surface area contributed by atoms with Crippen LogP contribution < -0.4 is 0 Å². The topological polar surface area (TPSA) is 93.1 Å². The predicted molar refractivity (Wildman–Crippen MR) is 75.7 cm³/mol. The Morgan fingerprint density at radius 1 is 1.36 bits per heavy atom.